The predicted octanol–water partition coefficient (Wildman–Crippen LogP) is 3.08. The fraction of sp³-hybridized carbons (Fsp3) is 0.533. The number of aromatic nitrogens is 2. The first-order valence-electron chi connectivity index (χ1n) is 6.91. The average Bonchev–Trinajstić information content (AvgIpc) is 2.72. The molecule has 0 unspecified atom stereocenters. The van der Waals surface area contributed by atoms with E-state index < -0.39 is 0 Å². The maximum atomic E-state index is 13.3. The number of benzene rings is 1. The molecule has 1 fully saturated rings. The van der Waals surface area contributed by atoms with Crippen molar-refractivity contribution in [2.45, 2.75) is 38.1 Å². The normalized spacial score (nSPS) is 27.9. The van der Waals surface area contributed by atoms with Gasteiger partial charge in [0.05, 0.1) is 16.6 Å². The molecule has 19 heavy (non-hydrogen) atoms. The van der Waals surface area contributed by atoms with Crippen LogP contribution in [0.4, 0.5) is 4.39 Å². The number of fused-ring (bicyclic) bond motifs is 1. The third-order valence-corrected chi connectivity index (χ3v) is 4.45. The molecule has 0 bridgehead atoms. The van der Waals surface area contributed by atoms with E-state index in [4.69, 9.17) is 5.73 Å². The van der Waals surface area contributed by atoms with Gasteiger partial charge in [-0.05, 0) is 49.8 Å². The van der Waals surface area contributed by atoms with Gasteiger partial charge in [-0.3, -0.25) is 0 Å². The lowest BCUT2D eigenvalue weighted by atomic mass is 9.77. The van der Waals surface area contributed by atoms with Crippen LogP contribution in [-0.2, 0) is 12.6 Å². The summed E-state index contributed by atoms with van der Waals surface area (Å²) in [6.45, 7) is 2.27. The zero-order valence-corrected chi connectivity index (χ0v) is 11.5. The van der Waals surface area contributed by atoms with E-state index in [1.807, 2.05) is 11.6 Å². The molecule has 3 rings (SSSR count). The van der Waals surface area contributed by atoms with Crippen molar-refractivity contribution >= 4 is 11.0 Å². The van der Waals surface area contributed by atoms with Gasteiger partial charge in [0, 0.05) is 7.05 Å². The van der Waals surface area contributed by atoms with E-state index >= 15 is 0 Å². The zero-order chi connectivity index (χ0) is 13.6. The Labute approximate surface area is 112 Å². The van der Waals surface area contributed by atoms with Gasteiger partial charge in [0.15, 0.2) is 0 Å². The summed E-state index contributed by atoms with van der Waals surface area (Å²) < 4.78 is 15.3. The largest absolute Gasteiger partial charge is 0.329 e. The van der Waals surface area contributed by atoms with Crippen LogP contribution < -0.4 is 5.73 Å². The van der Waals surface area contributed by atoms with Gasteiger partial charge in [0.2, 0.25) is 0 Å². The summed E-state index contributed by atoms with van der Waals surface area (Å²) in [6, 6.07) is 4.70. The number of nitrogens with zero attached hydrogens (tertiary/aromatic N) is 2. The van der Waals surface area contributed by atoms with Crippen LogP contribution in [0.2, 0.25) is 0 Å². The summed E-state index contributed by atoms with van der Waals surface area (Å²) in [4.78, 5) is 4.65. The van der Waals surface area contributed by atoms with Crippen molar-refractivity contribution in [3.05, 3.63) is 29.8 Å². The molecular weight excluding hydrogens is 241 g/mol. The number of hydrogen-bond acceptors (Lipinski definition) is 2. The molecule has 1 aromatic carbocycles. The van der Waals surface area contributed by atoms with Crippen LogP contribution in [0.5, 0.6) is 0 Å². The first-order chi connectivity index (χ1) is 8.99. The Balaban J connectivity index is 2.07. The highest BCUT2D eigenvalue weighted by Crippen LogP contribution is 2.37. The Morgan fingerprint density at radius 2 is 2.05 bits per heavy atom. The summed E-state index contributed by atoms with van der Waals surface area (Å²) in [5.41, 5.74) is 7.84. The molecule has 3 nitrogen and oxygen atoms in total. The second kappa shape index (κ2) is 4.30. The van der Waals surface area contributed by atoms with Crippen molar-refractivity contribution in [3.8, 4) is 0 Å². The minimum atomic E-state index is -0.364. The van der Waals surface area contributed by atoms with Gasteiger partial charge in [-0.15, -0.1) is 0 Å². The lowest BCUT2D eigenvalue weighted by molar-refractivity contribution is 0.233. The molecule has 1 heterocycles. The topological polar surface area (TPSA) is 43.8 Å². The highest BCUT2D eigenvalue weighted by atomic mass is 19.1. The van der Waals surface area contributed by atoms with Gasteiger partial charge in [0.25, 0.3) is 0 Å². The predicted molar refractivity (Wildman–Crippen MR) is 74.2 cm³/mol. The van der Waals surface area contributed by atoms with E-state index in [2.05, 4.69) is 11.9 Å². The Bertz CT molecular complexity index is 609. The van der Waals surface area contributed by atoms with E-state index in [1.54, 1.807) is 6.07 Å². The Kier molecular flexibility index (Phi) is 2.86. The number of imidazole rings is 1. The number of rotatable bonds is 1. The number of aryl methyl sites for hydroxylation is 1. The Hall–Kier alpha value is -1.42. The highest BCUT2D eigenvalue weighted by Gasteiger charge is 2.35. The van der Waals surface area contributed by atoms with Crippen molar-refractivity contribution in [2.75, 3.05) is 0 Å². The van der Waals surface area contributed by atoms with E-state index in [-0.39, 0.29) is 11.4 Å². The van der Waals surface area contributed by atoms with Crippen LogP contribution in [0.15, 0.2) is 18.2 Å². The molecule has 2 N–H and O–H groups in total. The number of halogens is 1. The maximum Gasteiger partial charge on any atom is 0.129 e. The molecule has 0 radical (unpaired) electrons. The molecule has 2 aromatic rings. The van der Waals surface area contributed by atoms with Crippen molar-refractivity contribution in [1.82, 2.24) is 9.55 Å². The van der Waals surface area contributed by atoms with E-state index in [1.165, 1.54) is 12.1 Å². The van der Waals surface area contributed by atoms with Gasteiger partial charge >= 0.3 is 0 Å². The molecule has 0 saturated heterocycles. The smallest absolute Gasteiger partial charge is 0.129 e. The van der Waals surface area contributed by atoms with Gasteiger partial charge in [0.1, 0.15) is 11.6 Å². The third-order valence-electron chi connectivity index (χ3n) is 4.45. The summed E-state index contributed by atoms with van der Waals surface area (Å²) in [6.07, 6.45) is 4.17. The van der Waals surface area contributed by atoms with E-state index in [9.17, 15) is 4.39 Å². The number of nitrogens with two attached hydrogens (primary N) is 1. The standard InChI is InChI=1S/C15H20FN3/c1-10-5-7-15(17,8-6-10)14-18-12-4-3-11(16)9-13(12)19(14)2/h3-4,9-10H,5-8,17H2,1-2H3. The summed E-state index contributed by atoms with van der Waals surface area (Å²) in [5.74, 6) is 1.40. The Morgan fingerprint density at radius 1 is 1.37 bits per heavy atom. The SMILES string of the molecule is CC1CCC(N)(c2nc3ccc(F)cc3n2C)CC1. The molecule has 1 saturated carbocycles. The van der Waals surface area contributed by atoms with Crippen LogP contribution in [-0.4, -0.2) is 9.55 Å². The lowest BCUT2D eigenvalue weighted by Gasteiger charge is -2.35. The average molecular weight is 261 g/mol. The third kappa shape index (κ3) is 2.04. The van der Waals surface area contributed by atoms with Gasteiger partial charge < -0.3 is 10.3 Å². The first kappa shape index (κ1) is 12.6. The molecular formula is C15H20FN3. The summed E-state index contributed by atoms with van der Waals surface area (Å²) >= 11 is 0. The van der Waals surface area contributed by atoms with Crippen molar-refractivity contribution in [2.24, 2.45) is 18.7 Å². The minimum absolute atomic E-state index is 0.231. The fourth-order valence-electron chi connectivity index (χ4n) is 3.11. The monoisotopic (exact) mass is 261 g/mol. The second-order valence-corrected chi connectivity index (χ2v) is 5.97. The van der Waals surface area contributed by atoms with Crippen molar-refractivity contribution < 1.29 is 4.39 Å². The molecule has 0 amide bonds. The van der Waals surface area contributed by atoms with Gasteiger partial charge in [-0.25, -0.2) is 9.37 Å². The zero-order valence-electron chi connectivity index (χ0n) is 11.5. The molecule has 1 aliphatic rings. The molecule has 0 atom stereocenters. The van der Waals surface area contributed by atoms with Crippen LogP contribution in [0, 0.1) is 11.7 Å². The molecule has 0 aliphatic heterocycles. The van der Waals surface area contributed by atoms with E-state index in [0.29, 0.717) is 0 Å². The quantitative estimate of drug-likeness (QED) is 0.857. The van der Waals surface area contributed by atoms with Crippen molar-refractivity contribution in [3.63, 3.8) is 0 Å². The van der Waals surface area contributed by atoms with Gasteiger partial charge in [-0.2, -0.15) is 0 Å². The lowest BCUT2D eigenvalue weighted by Crippen LogP contribution is -2.42. The maximum absolute atomic E-state index is 13.3. The summed E-state index contributed by atoms with van der Waals surface area (Å²) in [7, 11) is 1.93. The number of hydrogen-bond donors (Lipinski definition) is 1. The van der Waals surface area contributed by atoms with Crippen molar-refractivity contribution in [1.29, 1.82) is 0 Å². The highest BCUT2D eigenvalue weighted by molar-refractivity contribution is 5.76. The van der Waals surface area contributed by atoms with Crippen LogP contribution in [0.25, 0.3) is 11.0 Å². The molecule has 0 spiro atoms. The molecule has 102 valence electrons. The fourth-order valence-corrected chi connectivity index (χ4v) is 3.11. The molecule has 4 heteroatoms. The Morgan fingerprint density at radius 3 is 2.74 bits per heavy atom. The second-order valence-electron chi connectivity index (χ2n) is 5.97. The van der Waals surface area contributed by atoms with Crippen LogP contribution in [0.3, 0.4) is 0 Å². The molecule has 1 aliphatic carbocycles. The summed E-state index contributed by atoms with van der Waals surface area (Å²) in [5, 5.41) is 0. The van der Waals surface area contributed by atoms with Crippen LogP contribution >= 0.6 is 0 Å². The van der Waals surface area contributed by atoms with Gasteiger partial charge in [-0.1, -0.05) is 6.92 Å². The first-order valence-corrected chi connectivity index (χ1v) is 6.91. The van der Waals surface area contributed by atoms with Crippen LogP contribution in [0.1, 0.15) is 38.4 Å². The minimum Gasteiger partial charge on any atom is -0.329 e. The van der Waals surface area contributed by atoms with E-state index in [0.717, 1.165) is 48.5 Å². The molecule has 1 aromatic heterocycles.